The third-order valence-electron chi connectivity index (χ3n) is 5.09. The zero-order valence-corrected chi connectivity index (χ0v) is 19.8. The summed E-state index contributed by atoms with van der Waals surface area (Å²) in [6, 6.07) is 20.0. The predicted octanol–water partition coefficient (Wildman–Crippen LogP) is 4.95. The quantitative estimate of drug-likeness (QED) is 0.419. The number of hydrogen-bond donors (Lipinski definition) is 3. The van der Waals surface area contributed by atoms with Crippen LogP contribution in [0.4, 0.5) is 16.2 Å². The minimum absolute atomic E-state index is 0.306. The molecule has 0 saturated carbocycles. The van der Waals surface area contributed by atoms with Gasteiger partial charge in [-0.2, -0.15) is 5.26 Å². The summed E-state index contributed by atoms with van der Waals surface area (Å²) >= 11 is 4.36. The molecule has 3 aromatic rings. The molecule has 34 heavy (non-hydrogen) atoms. The first-order valence-corrected chi connectivity index (χ1v) is 10.7. The van der Waals surface area contributed by atoms with E-state index in [0.717, 1.165) is 9.87 Å². The van der Waals surface area contributed by atoms with E-state index in [2.05, 4.69) is 29.5 Å². The molecule has 3 aromatic carbocycles. The molecule has 0 aliphatic heterocycles. The van der Waals surface area contributed by atoms with E-state index in [-0.39, 0.29) is 11.9 Å². The van der Waals surface area contributed by atoms with Gasteiger partial charge in [0.2, 0.25) is 0 Å². The van der Waals surface area contributed by atoms with Crippen LogP contribution in [-0.2, 0) is 0 Å². The van der Waals surface area contributed by atoms with E-state index in [9.17, 15) is 9.59 Å². The number of thiol groups is 1. The van der Waals surface area contributed by atoms with E-state index < -0.39 is 6.03 Å². The van der Waals surface area contributed by atoms with Gasteiger partial charge in [-0.25, -0.2) is 9.10 Å². The maximum absolute atomic E-state index is 12.9. The van der Waals surface area contributed by atoms with Gasteiger partial charge in [0.1, 0.15) is 17.2 Å². The van der Waals surface area contributed by atoms with Gasteiger partial charge in [0.25, 0.3) is 5.91 Å². The molecule has 0 heterocycles. The first-order valence-electron chi connectivity index (χ1n) is 10.3. The van der Waals surface area contributed by atoms with E-state index >= 15 is 0 Å². The van der Waals surface area contributed by atoms with Crippen LogP contribution in [0.5, 0.6) is 11.5 Å². The van der Waals surface area contributed by atoms with Crippen LogP contribution >= 0.6 is 12.8 Å². The summed E-state index contributed by atoms with van der Waals surface area (Å²) in [5, 5.41) is 14.6. The number of carbonyl (C=O) groups excluding carboxylic acids is 2. The zero-order valence-electron chi connectivity index (χ0n) is 18.9. The smallest absolute Gasteiger partial charge is 0.332 e. The average molecular weight is 477 g/mol. The lowest BCUT2D eigenvalue weighted by Gasteiger charge is -2.23. The van der Waals surface area contributed by atoms with Crippen LogP contribution in [0, 0.1) is 11.3 Å². The van der Waals surface area contributed by atoms with Crippen LogP contribution in [0.25, 0.3) is 0 Å². The molecule has 0 spiro atoms. The first kappa shape index (κ1) is 24.5. The van der Waals surface area contributed by atoms with Crippen molar-refractivity contribution in [3.63, 3.8) is 0 Å². The fourth-order valence-corrected chi connectivity index (χ4v) is 3.43. The number of rotatable bonds is 7. The van der Waals surface area contributed by atoms with Crippen LogP contribution in [0.3, 0.4) is 0 Å². The van der Waals surface area contributed by atoms with Crippen LogP contribution in [0.15, 0.2) is 66.7 Å². The lowest BCUT2D eigenvalue weighted by Crippen LogP contribution is -2.36. The first-order chi connectivity index (χ1) is 16.4. The fraction of sp³-hybridized carbons (Fsp3) is 0.160. The van der Waals surface area contributed by atoms with Crippen molar-refractivity contribution in [2.24, 2.45) is 0 Å². The molecule has 0 fully saturated rings. The van der Waals surface area contributed by atoms with Crippen molar-refractivity contribution in [3.8, 4) is 17.6 Å². The SMILES string of the molecule is COc1cc(N(S)C(=O)NC(C)c2ccc(C#N)cc2)c(OC)cc1NC(=O)c1ccccc1. The number of amides is 3. The lowest BCUT2D eigenvalue weighted by molar-refractivity contribution is 0.102. The Bertz CT molecular complexity index is 1210. The molecule has 8 nitrogen and oxygen atoms in total. The molecule has 2 N–H and O–H groups in total. The second-order valence-electron chi connectivity index (χ2n) is 7.26. The molecular weight excluding hydrogens is 452 g/mol. The lowest BCUT2D eigenvalue weighted by atomic mass is 10.1. The van der Waals surface area contributed by atoms with Crippen LogP contribution in [0.1, 0.15) is 34.5 Å². The Morgan fingerprint density at radius 2 is 1.65 bits per heavy atom. The summed E-state index contributed by atoms with van der Waals surface area (Å²) < 4.78 is 12.0. The Morgan fingerprint density at radius 1 is 1.00 bits per heavy atom. The highest BCUT2D eigenvalue weighted by Crippen LogP contribution is 2.39. The van der Waals surface area contributed by atoms with Crippen molar-refractivity contribution in [1.29, 1.82) is 5.26 Å². The van der Waals surface area contributed by atoms with E-state index in [1.165, 1.54) is 14.2 Å². The van der Waals surface area contributed by atoms with Crippen LogP contribution in [0.2, 0.25) is 0 Å². The van der Waals surface area contributed by atoms with Crippen molar-refractivity contribution >= 4 is 36.1 Å². The van der Waals surface area contributed by atoms with E-state index in [4.69, 9.17) is 14.7 Å². The predicted molar refractivity (Wildman–Crippen MR) is 134 cm³/mol. The summed E-state index contributed by atoms with van der Waals surface area (Å²) in [6.45, 7) is 1.82. The van der Waals surface area contributed by atoms with Gasteiger partial charge in [-0.1, -0.05) is 43.1 Å². The monoisotopic (exact) mass is 476 g/mol. The minimum atomic E-state index is -0.499. The number of carbonyl (C=O) groups is 2. The van der Waals surface area contributed by atoms with Gasteiger partial charge in [-0.3, -0.25) is 4.79 Å². The van der Waals surface area contributed by atoms with E-state index in [1.54, 1.807) is 60.7 Å². The third-order valence-corrected chi connectivity index (χ3v) is 5.48. The molecule has 0 aliphatic rings. The molecule has 0 saturated heterocycles. The summed E-state index contributed by atoms with van der Waals surface area (Å²) in [4.78, 5) is 25.5. The summed E-state index contributed by atoms with van der Waals surface area (Å²) in [6.07, 6.45) is 0. The van der Waals surface area contributed by atoms with Gasteiger partial charge >= 0.3 is 6.03 Å². The third kappa shape index (κ3) is 5.60. The van der Waals surface area contributed by atoms with Crippen molar-refractivity contribution in [1.82, 2.24) is 5.32 Å². The van der Waals surface area contributed by atoms with Crippen LogP contribution < -0.4 is 24.4 Å². The molecule has 1 atom stereocenters. The number of anilines is 2. The second-order valence-corrected chi connectivity index (χ2v) is 7.66. The van der Waals surface area contributed by atoms with Crippen molar-refractivity contribution < 1.29 is 19.1 Å². The Labute approximate surface area is 203 Å². The van der Waals surface area contributed by atoms with Gasteiger partial charge in [-0.15, -0.1) is 0 Å². The number of methoxy groups -OCH3 is 2. The molecule has 0 bridgehead atoms. The second kappa shape index (κ2) is 11.1. The van der Waals surface area contributed by atoms with Crippen molar-refractivity contribution in [3.05, 3.63) is 83.4 Å². The van der Waals surface area contributed by atoms with Gasteiger partial charge in [0, 0.05) is 17.7 Å². The number of hydrogen-bond acceptors (Lipinski definition) is 6. The van der Waals surface area contributed by atoms with Crippen LogP contribution in [-0.4, -0.2) is 26.2 Å². The largest absolute Gasteiger partial charge is 0.494 e. The molecule has 1 unspecified atom stereocenters. The van der Waals surface area contributed by atoms with E-state index in [0.29, 0.717) is 34.0 Å². The minimum Gasteiger partial charge on any atom is -0.494 e. The Hall–Kier alpha value is -4.16. The van der Waals surface area contributed by atoms with E-state index in [1.807, 2.05) is 13.0 Å². The number of benzene rings is 3. The number of ether oxygens (including phenoxy) is 2. The Kier molecular flexibility index (Phi) is 8.01. The summed E-state index contributed by atoms with van der Waals surface area (Å²) in [7, 11) is 2.91. The molecule has 3 amide bonds. The van der Waals surface area contributed by atoms with Gasteiger partial charge in [-0.05, 0) is 36.8 Å². The van der Waals surface area contributed by atoms with Gasteiger partial charge in [0.15, 0.2) is 0 Å². The number of nitriles is 1. The maximum atomic E-state index is 12.9. The number of nitrogens with one attached hydrogen (secondary N) is 2. The van der Waals surface area contributed by atoms with Gasteiger partial charge < -0.3 is 20.1 Å². The van der Waals surface area contributed by atoms with Gasteiger partial charge in [0.05, 0.1) is 37.6 Å². The molecular formula is C25H24N4O4S. The molecule has 3 rings (SSSR count). The highest BCUT2D eigenvalue weighted by molar-refractivity contribution is 7.82. The average Bonchev–Trinajstić information content (AvgIpc) is 2.88. The zero-order chi connectivity index (χ0) is 24.7. The summed E-state index contributed by atoms with van der Waals surface area (Å²) in [5.74, 6) is 0.317. The molecule has 0 radical (unpaired) electrons. The molecule has 9 heteroatoms. The molecule has 0 aliphatic carbocycles. The highest BCUT2D eigenvalue weighted by Gasteiger charge is 2.22. The fourth-order valence-electron chi connectivity index (χ4n) is 3.21. The molecule has 0 aromatic heterocycles. The Morgan fingerprint density at radius 3 is 2.24 bits per heavy atom. The standard InChI is InChI=1S/C25H24N4O4S/c1-16(18-11-9-17(15-26)10-12-18)27-25(31)29(34)21-14-22(32-2)20(13-23(21)33-3)28-24(30)19-7-5-4-6-8-19/h4-14,16,34H,1-3H3,(H,27,31)(H,28,30). The number of nitrogens with zero attached hydrogens (tertiary/aromatic N) is 2. The topological polar surface area (TPSA) is 104 Å². The maximum Gasteiger partial charge on any atom is 0.332 e. The number of urea groups is 1. The normalized spacial score (nSPS) is 11.0. The van der Waals surface area contributed by atoms with Crippen molar-refractivity contribution in [2.45, 2.75) is 13.0 Å². The summed E-state index contributed by atoms with van der Waals surface area (Å²) in [5.41, 5.74) is 2.56. The highest BCUT2D eigenvalue weighted by atomic mass is 32.1. The van der Waals surface area contributed by atoms with Crippen molar-refractivity contribution in [2.75, 3.05) is 23.8 Å². The Balaban J connectivity index is 1.81. The molecule has 174 valence electrons.